The zero-order valence-electron chi connectivity index (χ0n) is 9.92. The normalized spacial score (nSPS) is 26.8. The van der Waals surface area contributed by atoms with E-state index in [-0.39, 0.29) is 0 Å². The molecule has 14 heavy (non-hydrogen) atoms. The molecule has 1 saturated heterocycles. The SMILES string of the molecule is CC(C)[C@H](C)NC[C@@H]1CN(C)CCO1. The molecule has 0 spiro atoms. The van der Waals surface area contributed by atoms with Crippen molar-refractivity contribution in [1.29, 1.82) is 0 Å². The van der Waals surface area contributed by atoms with Crippen LogP contribution in [-0.4, -0.2) is 50.3 Å². The van der Waals surface area contributed by atoms with E-state index in [0.717, 1.165) is 26.2 Å². The number of likely N-dealkylation sites (N-methyl/N-ethyl adjacent to an activating group) is 1. The van der Waals surface area contributed by atoms with E-state index in [9.17, 15) is 0 Å². The number of hydrogen-bond acceptors (Lipinski definition) is 3. The molecule has 0 aromatic rings. The highest BCUT2D eigenvalue weighted by molar-refractivity contribution is 4.74. The number of hydrogen-bond donors (Lipinski definition) is 1. The highest BCUT2D eigenvalue weighted by atomic mass is 16.5. The molecule has 0 aromatic heterocycles. The van der Waals surface area contributed by atoms with E-state index < -0.39 is 0 Å². The Morgan fingerprint density at radius 1 is 1.43 bits per heavy atom. The fraction of sp³-hybridized carbons (Fsp3) is 1.00. The molecule has 0 unspecified atom stereocenters. The molecule has 0 aromatic carbocycles. The van der Waals surface area contributed by atoms with Crippen molar-refractivity contribution in [2.24, 2.45) is 5.92 Å². The van der Waals surface area contributed by atoms with Gasteiger partial charge in [0.1, 0.15) is 0 Å². The monoisotopic (exact) mass is 200 g/mol. The second-order valence-electron chi connectivity index (χ2n) is 4.70. The van der Waals surface area contributed by atoms with Crippen molar-refractivity contribution in [2.45, 2.75) is 32.9 Å². The van der Waals surface area contributed by atoms with Gasteiger partial charge in [-0.3, -0.25) is 0 Å². The number of nitrogens with one attached hydrogen (secondary N) is 1. The average molecular weight is 200 g/mol. The maximum atomic E-state index is 5.67. The maximum absolute atomic E-state index is 5.67. The van der Waals surface area contributed by atoms with E-state index in [1.165, 1.54) is 0 Å². The van der Waals surface area contributed by atoms with Crippen molar-refractivity contribution in [3.8, 4) is 0 Å². The molecule has 3 nitrogen and oxygen atoms in total. The number of rotatable bonds is 4. The summed E-state index contributed by atoms with van der Waals surface area (Å²) in [5.41, 5.74) is 0. The van der Waals surface area contributed by atoms with Gasteiger partial charge in [-0.1, -0.05) is 13.8 Å². The van der Waals surface area contributed by atoms with Crippen molar-refractivity contribution >= 4 is 0 Å². The molecule has 1 fully saturated rings. The summed E-state index contributed by atoms with van der Waals surface area (Å²) >= 11 is 0. The Labute approximate surface area is 87.8 Å². The lowest BCUT2D eigenvalue weighted by Gasteiger charge is -2.31. The van der Waals surface area contributed by atoms with Crippen molar-refractivity contribution in [2.75, 3.05) is 33.3 Å². The first-order valence-electron chi connectivity index (χ1n) is 5.63. The number of morpholine rings is 1. The van der Waals surface area contributed by atoms with Crippen LogP contribution in [0, 0.1) is 5.92 Å². The van der Waals surface area contributed by atoms with Gasteiger partial charge in [0.25, 0.3) is 0 Å². The van der Waals surface area contributed by atoms with E-state index in [1.807, 2.05) is 0 Å². The van der Waals surface area contributed by atoms with Crippen LogP contribution in [0.4, 0.5) is 0 Å². The van der Waals surface area contributed by atoms with Gasteiger partial charge in [0.2, 0.25) is 0 Å². The molecule has 1 heterocycles. The van der Waals surface area contributed by atoms with E-state index >= 15 is 0 Å². The lowest BCUT2D eigenvalue weighted by atomic mass is 10.1. The van der Waals surface area contributed by atoms with E-state index in [0.29, 0.717) is 18.1 Å². The Morgan fingerprint density at radius 3 is 2.71 bits per heavy atom. The molecule has 1 aliphatic heterocycles. The van der Waals surface area contributed by atoms with Gasteiger partial charge in [-0.15, -0.1) is 0 Å². The third-order valence-corrected chi connectivity index (χ3v) is 3.01. The molecular formula is C11H24N2O. The summed E-state index contributed by atoms with van der Waals surface area (Å²) in [6.07, 6.45) is 0.370. The Balaban J connectivity index is 2.17. The first kappa shape index (κ1) is 12.0. The second kappa shape index (κ2) is 5.69. The molecule has 1 rings (SSSR count). The quantitative estimate of drug-likeness (QED) is 0.731. The van der Waals surface area contributed by atoms with E-state index in [1.54, 1.807) is 0 Å². The van der Waals surface area contributed by atoms with Gasteiger partial charge < -0.3 is 15.0 Å². The zero-order chi connectivity index (χ0) is 10.6. The number of ether oxygens (including phenoxy) is 1. The molecule has 2 atom stereocenters. The fourth-order valence-corrected chi connectivity index (χ4v) is 1.54. The minimum Gasteiger partial charge on any atom is -0.374 e. The first-order chi connectivity index (χ1) is 6.59. The Hall–Kier alpha value is -0.120. The molecule has 0 radical (unpaired) electrons. The topological polar surface area (TPSA) is 24.5 Å². The van der Waals surface area contributed by atoms with Crippen LogP contribution in [0.2, 0.25) is 0 Å². The van der Waals surface area contributed by atoms with Crippen LogP contribution in [0.3, 0.4) is 0 Å². The highest BCUT2D eigenvalue weighted by Crippen LogP contribution is 2.04. The molecular weight excluding hydrogens is 176 g/mol. The van der Waals surface area contributed by atoms with Crippen molar-refractivity contribution in [1.82, 2.24) is 10.2 Å². The summed E-state index contributed by atoms with van der Waals surface area (Å²) in [7, 11) is 2.15. The summed E-state index contributed by atoms with van der Waals surface area (Å²) in [6, 6.07) is 0.575. The molecule has 3 heteroatoms. The van der Waals surface area contributed by atoms with Crippen molar-refractivity contribution < 1.29 is 4.74 Å². The van der Waals surface area contributed by atoms with E-state index in [4.69, 9.17) is 4.74 Å². The third kappa shape index (κ3) is 3.95. The largest absolute Gasteiger partial charge is 0.374 e. The molecule has 84 valence electrons. The van der Waals surface area contributed by atoms with Gasteiger partial charge in [0.05, 0.1) is 12.7 Å². The van der Waals surface area contributed by atoms with Gasteiger partial charge >= 0.3 is 0 Å². The van der Waals surface area contributed by atoms with Gasteiger partial charge in [0, 0.05) is 25.7 Å². The average Bonchev–Trinajstić information content (AvgIpc) is 2.14. The summed E-state index contributed by atoms with van der Waals surface area (Å²) in [5.74, 6) is 0.691. The van der Waals surface area contributed by atoms with Crippen LogP contribution in [0.15, 0.2) is 0 Å². The smallest absolute Gasteiger partial charge is 0.0826 e. The Kier molecular flexibility index (Phi) is 4.85. The summed E-state index contributed by atoms with van der Waals surface area (Å²) in [6.45, 7) is 10.7. The van der Waals surface area contributed by atoms with Crippen molar-refractivity contribution in [3.05, 3.63) is 0 Å². The van der Waals surface area contributed by atoms with Crippen LogP contribution in [-0.2, 0) is 4.74 Å². The summed E-state index contributed by atoms with van der Waals surface area (Å²) in [5, 5.41) is 3.52. The summed E-state index contributed by atoms with van der Waals surface area (Å²) < 4.78 is 5.67. The van der Waals surface area contributed by atoms with Crippen LogP contribution in [0.1, 0.15) is 20.8 Å². The minimum absolute atomic E-state index is 0.370. The fourth-order valence-electron chi connectivity index (χ4n) is 1.54. The van der Waals surface area contributed by atoms with Crippen LogP contribution in [0.5, 0.6) is 0 Å². The van der Waals surface area contributed by atoms with Crippen LogP contribution >= 0.6 is 0 Å². The summed E-state index contributed by atoms with van der Waals surface area (Å²) in [4.78, 5) is 2.33. The van der Waals surface area contributed by atoms with Gasteiger partial charge in [-0.2, -0.15) is 0 Å². The first-order valence-corrected chi connectivity index (χ1v) is 5.63. The number of nitrogens with zero attached hydrogens (tertiary/aromatic N) is 1. The lowest BCUT2D eigenvalue weighted by molar-refractivity contribution is -0.0195. The predicted molar refractivity (Wildman–Crippen MR) is 59.5 cm³/mol. The molecule has 0 saturated carbocycles. The molecule has 1 N–H and O–H groups in total. The predicted octanol–water partition coefficient (Wildman–Crippen LogP) is 0.951. The second-order valence-corrected chi connectivity index (χ2v) is 4.70. The third-order valence-electron chi connectivity index (χ3n) is 3.01. The molecule has 1 aliphatic rings. The zero-order valence-corrected chi connectivity index (χ0v) is 9.92. The van der Waals surface area contributed by atoms with E-state index in [2.05, 4.69) is 38.0 Å². The molecule has 0 aliphatic carbocycles. The van der Waals surface area contributed by atoms with Crippen LogP contribution < -0.4 is 5.32 Å². The highest BCUT2D eigenvalue weighted by Gasteiger charge is 2.18. The maximum Gasteiger partial charge on any atom is 0.0826 e. The molecule has 0 bridgehead atoms. The minimum atomic E-state index is 0.370. The molecule has 0 amide bonds. The van der Waals surface area contributed by atoms with Crippen LogP contribution in [0.25, 0.3) is 0 Å². The van der Waals surface area contributed by atoms with Gasteiger partial charge in [-0.05, 0) is 19.9 Å². The standard InChI is InChI=1S/C11H24N2O/c1-9(2)10(3)12-7-11-8-13(4)5-6-14-11/h9-12H,5-8H2,1-4H3/t10-,11+/m0/s1. The van der Waals surface area contributed by atoms with Gasteiger partial charge in [0.15, 0.2) is 0 Å². The Bertz CT molecular complexity index is 161. The Morgan fingerprint density at radius 2 is 2.14 bits per heavy atom. The van der Waals surface area contributed by atoms with Crippen molar-refractivity contribution in [3.63, 3.8) is 0 Å². The lowest BCUT2D eigenvalue weighted by Crippen LogP contribution is -2.47. The van der Waals surface area contributed by atoms with Gasteiger partial charge in [-0.25, -0.2) is 0 Å².